The third-order valence-electron chi connectivity index (χ3n) is 2.50. The number of rotatable bonds is 4. The second kappa shape index (κ2) is 6.29. The highest BCUT2D eigenvalue weighted by molar-refractivity contribution is 9.10. The third kappa shape index (κ3) is 3.63. The first-order chi connectivity index (χ1) is 8.75. The Morgan fingerprint density at radius 1 is 1.37 bits per heavy atom. The van der Waals surface area contributed by atoms with Crippen molar-refractivity contribution in [3.63, 3.8) is 0 Å². The first-order valence-electron chi connectivity index (χ1n) is 5.40. The van der Waals surface area contributed by atoms with Crippen LogP contribution in [0.1, 0.15) is 17.3 Å². The van der Waals surface area contributed by atoms with E-state index >= 15 is 0 Å². The number of carbonyl (C=O) groups excluding carboxylic acids is 1. The molecule has 0 radical (unpaired) electrons. The first-order valence-corrected chi connectivity index (χ1v) is 7.41. The van der Waals surface area contributed by atoms with Gasteiger partial charge in [0.2, 0.25) is 5.91 Å². The number of carboxylic acid groups (broad SMARTS) is 1. The lowest BCUT2D eigenvalue weighted by Gasteiger charge is -2.17. The second-order valence-corrected chi connectivity index (χ2v) is 6.78. The van der Waals surface area contributed by atoms with Crippen molar-refractivity contribution in [2.45, 2.75) is 17.1 Å². The number of carbonyl (C=O) groups is 2. The first kappa shape index (κ1) is 15.8. The quantitative estimate of drug-likeness (QED) is 0.899. The Bertz CT molecular complexity index is 545. The number of benzene rings is 1. The van der Waals surface area contributed by atoms with E-state index in [1.54, 1.807) is 20.2 Å². The molecule has 1 N–H and O–H groups in total. The lowest BCUT2D eigenvalue weighted by Crippen LogP contribution is -2.34. The van der Waals surface area contributed by atoms with Crippen molar-refractivity contribution < 1.29 is 18.9 Å². The fourth-order valence-electron chi connectivity index (χ4n) is 1.48. The summed E-state index contributed by atoms with van der Waals surface area (Å²) in [7, 11) is 1.41. The summed E-state index contributed by atoms with van der Waals surface area (Å²) in [5, 5.41) is 8.29. The molecule has 104 valence electrons. The standard InChI is InChI=1S/C12H14BrNO4S/c1-7(11(15)14(2)3)19(18)10-6-8(13)4-5-9(10)12(16)17/h4-7H,1-3H3,(H,16,17). The SMILES string of the molecule is CC(C(=O)N(C)C)S(=O)c1cc(Br)ccc1C(=O)O. The maximum atomic E-state index is 12.3. The van der Waals surface area contributed by atoms with Gasteiger partial charge in [0.05, 0.1) is 21.3 Å². The largest absolute Gasteiger partial charge is 0.478 e. The third-order valence-corrected chi connectivity index (χ3v) is 4.61. The van der Waals surface area contributed by atoms with Crippen molar-refractivity contribution in [1.82, 2.24) is 4.90 Å². The Hall–Kier alpha value is -1.21. The smallest absolute Gasteiger partial charge is 0.336 e. The second-order valence-electron chi connectivity index (χ2n) is 4.12. The van der Waals surface area contributed by atoms with Crippen molar-refractivity contribution in [3.8, 4) is 0 Å². The minimum Gasteiger partial charge on any atom is -0.478 e. The maximum absolute atomic E-state index is 12.3. The molecular weight excluding hydrogens is 334 g/mol. The molecule has 0 bridgehead atoms. The summed E-state index contributed by atoms with van der Waals surface area (Å²) in [6.45, 7) is 1.52. The van der Waals surface area contributed by atoms with Gasteiger partial charge in [-0.3, -0.25) is 9.00 Å². The molecule has 19 heavy (non-hydrogen) atoms. The number of hydrogen-bond acceptors (Lipinski definition) is 3. The summed E-state index contributed by atoms with van der Waals surface area (Å²) in [6.07, 6.45) is 0. The van der Waals surface area contributed by atoms with Crippen molar-refractivity contribution in [2.75, 3.05) is 14.1 Å². The Balaban J connectivity index is 3.22. The molecule has 0 aliphatic heterocycles. The predicted octanol–water partition coefficient (Wildman–Crippen LogP) is 1.73. The number of aromatic carboxylic acids is 1. The molecule has 0 saturated carbocycles. The number of carboxylic acids is 1. The summed E-state index contributed by atoms with van der Waals surface area (Å²) in [6, 6.07) is 4.40. The zero-order chi connectivity index (χ0) is 14.7. The van der Waals surface area contributed by atoms with Crippen LogP contribution in [0.25, 0.3) is 0 Å². The summed E-state index contributed by atoms with van der Waals surface area (Å²) < 4.78 is 13.0. The highest BCUT2D eigenvalue weighted by Gasteiger charge is 2.26. The highest BCUT2D eigenvalue weighted by Crippen LogP contribution is 2.22. The average molecular weight is 348 g/mol. The van der Waals surface area contributed by atoms with E-state index in [0.29, 0.717) is 4.47 Å². The molecule has 0 fully saturated rings. The van der Waals surface area contributed by atoms with Gasteiger partial charge in [-0.25, -0.2) is 4.79 Å². The number of nitrogens with zero attached hydrogens (tertiary/aromatic N) is 1. The van der Waals surface area contributed by atoms with E-state index < -0.39 is 22.0 Å². The van der Waals surface area contributed by atoms with Crippen LogP contribution in [0.3, 0.4) is 0 Å². The van der Waals surface area contributed by atoms with Crippen molar-refractivity contribution in [3.05, 3.63) is 28.2 Å². The average Bonchev–Trinajstić information content (AvgIpc) is 2.35. The highest BCUT2D eigenvalue weighted by atomic mass is 79.9. The Morgan fingerprint density at radius 2 is 1.95 bits per heavy atom. The molecule has 0 heterocycles. The molecule has 2 atom stereocenters. The van der Waals surface area contributed by atoms with Crippen LogP contribution in [-0.4, -0.2) is 45.4 Å². The molecule has 1 aromatic carbocycles. The van der Waals surface area contributed by atoms with E-state index in [1.165, 1.54) is 24.0 Å². The van der Waals surface area contributed by atoms with E-state index in [4.69, 9.17) is 5.11 Å². The van der Waals surface area contributed by atoms with Gasteiger partial charge in [-0.1, -0.05) is 15.9 Å². The molecular formula is C12H14BrNO4S. The van der Waals surface area contributed by atoms with Crippen LogP contribution < -0.4 is 0 Å². The molecule has 0 aromatic heterocycles. The zero-order valence-electron chi connectivity index (χ0n) is 10.7. The number of halogens is 1. The van der Waals surface area contributed by atoms with Gasteiger partial charge in [-0.2, -0.15) is 0 Å². The van der Waals surface area contributed by atoms with Crippen molar-refractivity contribution in [2.24, 2.45) is 0 Å². The molecule has 0 saturated heterocycles. The molecule has 0 aliphatic rings. The molecule has 1 rings (SSSR count). The monoisotopic (exact) mass is 347 g/mol. The van der Waals surface area contributed by atoms with Gasteiger partial charge in [-0.05, 0) is 25.1 Å². The van der Waals surface area contributed by atoms with Gasteiger partial charge in [0.25, 0.3) is 0 Å². The summed E-state index contributed by atoms with van der Waals surface area (Å²) >= 11 is 3.21. The lowest BCUT2D eigenvalue weighted by molar-refractivity contribution is -0.127. The Kier molecular flexibility index (Phi) is 5.25. The lowest BCUT2D eigenvalue weighted by atomic mass is 10.2. The maximum Gasteiger partial charge on any atom is 0.336 e. The van der Waals surface area contributed by atoms with Gasteiger partial charge in [0, 0.05) is 18.6 Å². The predicted molar refractivity (Wildman–Crippen MR) is 75.7 cm³/mol. The van der Waals surface area contributed by atoms with Gasteiger partial charge in [-0.15, -0.1) is 0 Å². The molecule has 0 spiro atoms. The summed E-state index contributed by atoms with van der Waals surface area (Å²) in [5.41, 5.74) is -0.0556. The van der Waals surface area contributed by atoms with Crippen molar-refractivity contribution >= 4 is 38.6 Å². The molecule has 7 heteroatoms. The number of hydrogen-bond donors (Lipinski definition) is 1. The minimum absolute atomic E-state index is 0.0556. The Labute approximate surface area is 122 Å². The normalized spacial score (nSPS) is 13.7. The van der Waals surface area contributed by atoms with Crippen LogP contribution in [0, 0.1) is 0 Å². The van der Waals surface area contributed by atoms with Crippen LogP contribution in [0.2, 0.25) is 0 Å². The van der Waals surface area contributed by atoms with Gasteiger partial charge < -0.3 is 10.0 Å². The van der Waals surface area contributed by atoms with E-state index in [1.807, 2.05) is 0 Å². The molecule has 2 unspecified atom stereocenters. The van der Waals surface area contributed by atoms with E-state index in [2.05, 4.69) is 15.9 Å². The van der Waals surface area contributed by atoms with Gasteiger partial charge in [0.1, 0.15) is 5.25 Å². The van der Waals surface area contributed by atoms with Crippen LogP contribution in [0.5, 0.6) is 0 Å². The Morgan fingerprint density at radius 3 is 2.42 bits per heavy atom. The molecule has 0 aliphatic carbocycles. The number of amides is 1. The fraction of sp³-hybridized carbons (Fsp3) is 0.333. The van der Waals surface area contributed by atoms with Crippen LogP contribution >= 0.6 is 15.9 Å². The van der Waals surface area contributed by atoms with Gasteiger partial charge >= 0.3 is 5.97 Å². The van der Waals surface area contributed by atoms with E-state index in [-0.39, 0.29) is 16.4 Å². The summed E-state index contributed by atoms with van der Waals surface area (Å²) in [5.74, 6) is -1.48. The van der Waals surface area contributed by atoms with E-state index in [0.717, 1.165) is 0 Å². The van der Waals surface area contributed by atoms with Crippen LogP contribution in [0.15, 0.2) is 27.6 Å². The topological polar surface area (TPSA) is 74.7 Å². The van der Waals surface area contributed by atoms with E-state index in [9.17, 15) is 13.8 Å². The van der Waals surface area contributed by atoms with Gasteiger partial charge in [0.15, 0.2) is 0 Å². The summed E-state index contributed by atoms with van der Waals surface area (Å²) in [4.78, 5) is 24.4. The molecule has 1 amide bonds. The van der Waals surface area contributed by atoms with Crippen LogP contribution in [0.4, 0.5) is 0 Å². The fourth-order valence-corrected chi connectivity index (χ4v) is 3.39. The van der Waals surface area contributed by atoms with Crippen LogP contribution in [-0.2, 0) is 15.6 Å². The molecule has 1 aromatic rings. The minimum atomic E-state index is -1.72. The zero-order valence-corrected chi connectivity index (χ0v) is 13.1. The molecule has 5 nitrogen and oxygen atoms in total. The van der Waals surface area contributed by atoms with Crippen molar-refractivity contribution in [1.29, 1.82) is 0 Å².